The van der Waals surface area contributed by atoms with E-state index in [0.717, 1.165) is 16.7 Å². The van der Waals surface area contributed by atoms with Crippen molar-refractivity contribution in [3.05, 3.63) is 105 Å². The van der Waals surface area contributed by atoms with Gasteiger partial charge in [-0.15, -0.1) is 0 Å². The number of hydrogen-bond acceptors (Lipinski definition) is 4. The molecule has 0 saturated carbocycles. The molecule has 0 atom stereocenters. The Morgan fingerprint density at radius 1 is 1.07 bits per heavy atom. The van der Waals surface area contributed by atoms with Crippen molar-refractivity contribution in [1.82, 2.24) is 9.88 Å². The Bertz CT molecular complexity index is 958. The van der Waals surface area contributed by atoms with Crippen LogP contribution in [0.1, 0.15) is 27.0 Å². The molecule has 0 aliphatic heterocycles. The van der Waals surface area contributed by atoms with Gasteiger partial charge in [0.15, 0.2) is 0 Å². The van der Waals surface area contributed by atoms with E-state index in [1.165, 1.54) is 18.2 Å². The zero-order chi connectivity index (χ0) is 19.2. The van der Waals surface area contributed by atoms with Crippen molar-refractivity contribution in [2.45, 2.75) is 20.0 Å². The SMILES string of the molecule is Cc1ccccc1CN(Cc1cccnc1)C(=O)c1cccc([N+](=O)[O-])c1. The molecule has 1 aromatic heterocycles. The Hall–Kier alpha value is -3.54. The summed E-state index contributed by atoms with van der Waals surface area (Å²) in [4.78, 5) is 29.5. The Morgan fingerprint density at radius 2 is 1.89 bits per heavy atom. The third kappa shape index (κ3) is 4.55. The van der Waals surface area contributed by atoms with Gasteiger partial charge in [0.05, 0.1) is 4.92 Å². The molecule has 0 aliphatic rings. The second kappa shape index (κ2) is 8.23. The fourth-order valence-electron chi connectivity index (χ4n) is 2.84. The second-order valence-electron chi connectivity index (χ2n) is 6.26. The minimum absolute atomic E-state index is 0.0990. The lowest BCUT2D eigenvalue weighted by Gasteiger charge is -2.24. The summed E-state index contributed by atoms with van der Waals surface area (Å²) in [5.41, 5.74) is 3.20. The van der Waals surface area contributed by atoms with Gasteiger partial charge < -0.3 is 4.90 Å². The average molecular weight is 361 g/mol. The van der Waals surface area contributed by atoms with Crippen molar-refractivity contribution in [1.29, 1.82) is 0 Å². The highest BCUT2D eigenvalue weighted by Gasteiger charge is 2.19. The lowest BCUT2D eigenvalue weighted by atomic mass is 10.1. The molecule has 6 nitrogen and oxygen atoms in total. The van der Waals surface area contributed by atoms with E-state index in [9.17, 15) is 14.9 Å². The number of benzene rings is 2. The normalized spacial score (nSPS) is 10.4. The van der Waals surface area contributed by atoms with E-state index in [-0.39, 0.29) is 11.6 Å². The minimum atomic E-state index is -0.496. The first-order valence-corrected chi connectivity index (χ1v) is 8.52. The van der Waals surface area contributed by atoms with Gasteiger partial charge in [-0.3, -0.25) is 19.9 Å². The van der Waals surface area contributed by atoms with Crippen molar-refractivity contribution in [3.8, 4) is 0 Å². The highest BCUT2D eigenvalue weighted by molar-refractivity contribution is 5.94. The number of hydrogen-bond donors (Lipinski definition) is 0. The predicted octanol–water partition coefficient (Wildman–Crippen LogP) is 4.14. The number of carbonyl (C=O) groups excluding carboxylic acids is 1. The number of rotatable bonds is 6. The van der Waals surface area contributed by atoms with E-state index in [1.807, 2.05) is 43.3 Å². The van der Waals surface area contributed by atoms with Gasteiger partial charge in [0.1, 0.15) is 0 Å². The van der Waals surface area contributed by atoms with E-state index < -0.39 is 4.92 Å². The Balaban J connectivity index is 1.93. The molecular weight excluding hydrogens is 342 g/mol. The fraction of sp³-hybridized carbons (Fsp3) is 0.143. The van der Waals surface area contributed by atoms with Crippen LogP contribution < -0.4 is 0 Å². The summed E-state index contributed by atoms with van der Waals surface area (Å²) in [6, 6.07) is 17.4. The van der Waals surface area contributed by atoms with Crippen LogP contribution >= 0.6 is 0 Å². The van der Waals surface area contributed by atoms with E-state index in [0.29, 0.717) is 18.7 Å². The summed E-state index contributed by atoms with van der Waals surface area (Å²) in [5.74, 6) is -0.259. The molecule has 136 valence electrons. The van der Waals surface area contributed by atoms with Gasteiger partial charge in [-0.05, 0) is 35.7 Å². The van der Waals surface area contributed by atoms with Gasteiger partial charge in [0.25, 0.3) is 11.6 Å². The van der Waals surface area contributed by atoms with Gasteiger partial charge in [-0.25, -0.2) is 0 Å². The topological polar surface area (TPSA) is 76.3 Å². The lowest BCUT2D eigenvalue weighted by Crippen LogP contribution is -2.30. The van der Waals surface area contributed by atoms with E-state index in [1.54, 1.807) is 23.4 Å². The van der Waals surface area contributed by atoms with Crippen LogP contribution in [0, 0.1) is 17.0 Å². The summed E-state index contributed by atoms with van der Waals surface area (Å²) in [5, 5.41) is 11.0. The van der Waals surface area contributed by atoms with Crippen LogP contribution in [0.4, 0.5) is 5.69 Å². The molecule has 0 radical (unpaired) electrons. The Kier molecular flexibility index (Phi) is 5.56. The van der Waals surface area contributed by atoms with Crippen molar-refractivity contribution >= 4 is 11.6 Å². The maximum Gasteiger partial charge on any atom is 0.270 e. The van der Waals surface area contributed by atoms with Gasteiger partial charge in [0, 0.05) is 43.2 Å². The number of carbonyl (C=O) groups is 1. The molecule has 0 aliphatic carbocycles. The second-order valence-corrected chi connectivity index (χ2v) is 6.26. The van der Waals surface area contributed by atoms with Crippen LogP contribution in [0.2, 0.25) is 0 Å². The van der Waals surface area contributed by atoms with Crippen molar-refractivity contribution < 1.29 is 9.72 Å². The van der Waals surface area contributed by atoms with E-state index in [2.05, 4.69) is 4.98 Å². The number of pyridine rings is 1. The average Bonchev–Trinajstić information content (AvgIpc) is 2.69. The first-order valence-electron chi connectivity index (χ1n) is 8.52. The molecule has 1 amide bonds. The molecule has 0 unspecified atom stereocenters. The lowest BCUT2D eigenvalue weighted by molar-refractivity contribution is -0.384. The number of aromatic nitrogens is 1. The molecule has 1 heterocycles. The van der Waals surface area contributed by atoms with Crippen molar-refractivity contribution in [3.63, 3.8) is 0 Å². The number of nitro groups is 1. The van der Waals surface area contributed by atoms with Crippen LogP contribution in [-0.4, -0.2) is 20.7 Å². The highest BCUT2D eigenvalue weighted by atomic mass is 16.6. The summed E-state index contributed by atoms with van der Waals surface area (Å²) in [6.07, 6.45) is 3.39. The summed E-state index contributed by atoms with van der Waals surface area (Å²) < 4.78 is 0. The maximum absolute atomic E-state index is 13.1. The van der Waals surface area contributed by atoms with Gasteiger partial charge in [-0.1, -0.05) is 36.4 Å². The Labute approximate surface area is 157 Å². The van der Waals surface area contributed by atoms with Crippen LogP contribution in [0.3, 0.4) is 0 Å². The first-order chi connectivity index (χ1) is 13.0. The van der Waals surface area contributed by atoms with Crippen LogP contribution in [0.15, 0.2) is 73.1 Å². The Morgan fingerprint density at radius 3 is 2.59 bits per heavy atom. The minimum Gasteiger partial charge on any atom is -0.330 e. The van der Waals surface area contributed by atoms with E-state index >= 15 is 0 Å². The maximum atomic E-state index is 13.1. The summed E-state index contributed by atoms with van der Waals surface area (Å²) in [7, 11) is 0. The molecular formula is C21H19N3O3. The molecule has 2 aromatic carbocycles. The van der Waals surface area contributed by atoms with Crippen molar-refractivity contribution in [2.24, 2.45) is 0 Å². The molecule has 0 bridgehead atoms. The zero-order valence-electron chi connectivity index (χ0n) is 14.9. The number of amides is 1. The van der Waals surface area contributed by atoms with Gasteiger partial charge >= 0.3 is 0 Å². The number of nitro benzene ring substituents is 1. The highest BCUT2D eigenvalue weighted by Crippen LogP contribution is 2.19. The number of non-ortho nitro benzene ring substituents is 1. The van der Waals surface area contributed by atoms with Crippen molar-refractivity contribution in [2.75, 3.05) is 0 Å². The zero-order valence-corrected chi connectivity index (χ0v) is 14.9. The smallest absolute Gasteiger partial charge is 0.270 e. The molecule has 0 N–H and O–H groups in total. The number of aryl methyl sites for hydroxylation is 1. The third-order valence-electron chi connectivity index (χ3n) is 4.31. The molecule has 3 rings (SSSR count). The summed E-state index contributed by atoms with van der Waals surface area (Å²) in [6.45, 7) is 2.77. The standard InChI is InChI=1S/C21H19N3O3/c1-16-6-2-3-8-19(16)15-23(14-17-7-5-11-22-13-17)21(25)18-9-4-10-20(12-18)24(26)27/h2-13H,14-15H2,1H3. The van der Waals surface area contributed by atoms with Gasteiger partial charge in [-0.2, -0.15) is 0 Å². The summed E-state index contributed by atoms with van der Waals surface area (Å²) >= 11 is 0. The fourth-order valence-corrected chi connectivity index (χ4v) is 2.84. The monoisotopic (exact) mass is 361 g/mol. The molecule has 0 spiro atoms. The molecule has 0 saturated heterocycles. The molecule has 6 heteroatoms. The first kappa shape index (κ1) is 18.3. The largest absolute Gasteiger partial charge is 0.330 e. The van der Waals surface area contributed by atoms with Crippen LogP contribution in [-0.2, 0) is 13.1 Å². The molecule has 27 heavy (non-hydrogen) atoms. The third-order valence-corrected chi connectivity index (χ3v) is 4.31. The quantitative estimate of drug-likeness (QED) is 0.488. The van der Waals surface area contributed by atoms with Crippen LogP contribution in [0.25, 0.3) is 0 Å². The molecule has 0 fully saturated rings. The molecule has 3 aromatic rings. The van der Waals surface area contributed by atoms with Gasteiger partial charge in [0.2, 0.25) is 0 Å². The van der Waals surface area contributed by atoms with Crippen LogP contribution in [0.5, 0.6) is 0 Å². The van der Waals surface area contributed by atoms with E-state index in [4.69, 9.17) is 0 Å². The predicted molar refractivity (Wildman–Crippen MR) is 102 cm³/mol. The number of nitrogens with zero attached hydrogens (tertiary/aromatic N) is 3.